The summed E-state index contributed by atoms with van der Waals surface area (Å²) in [7, 11) is 0. The van der Waals surface area contributed by atoms with Crippen LogP contribution in [0.2, 0.25) is 0 Å². The average molecular weight is 180 g/mol. The van der Waals surface area contributed by atoms with Crippen LogP contribution in [-0.2, 0) is 6.42 Å². The molecule has 0 radical (unpaired) electrons. The molecule has 5 nitrogen and oxygen atoms in total. The lowest BCUT2D eigenvalue weighted by molar-refractivity contribution is 0.316. The van der Waals surface area contributed by atoms with E-state index in [4.69, 9.17) is 10.5 Å². The molecule has 0 atom stereocenters. The maximum Gasteiger partial charge on any atom is 0.222 e. The van der Waals surface area contributed by atoms with Gasteiger partial charge in [0.2, 0.25) is 5.95 Å². The molecule has 70 valence electrons. The second-order valence-corrected chi connectivity index (χ2v) is 2.84. The smallest absolute Gasteiger partial charge is 0.222 e. The second kappa shape index (κ2) is 3.08. The topological polar surface area (TPSA) is 73.1 Å². The predicted octanol–water partition coefficient (Wildman–Crippen LogP) is 0.425. The fourth-order valence-electron chi connectivity index (χ4n) is 1.35. The van der Waals surface area contributed by atoms with E-state index < -0.39 is 0 Å². The summed E-state index contributed by atoms with van der Waals surface area (Å²) >= 11 is 0. The average Bonchev–Trinajstić information content (AvgIpc) is 2.16. The molecule has 0 bridgehead atoms. The van der Waals surface area contributed by atoms with Crippen molar-refractivity contribution in [3.05, 3.63) is 5.69 Å². The molecule has 1 aliphatic heterocycles. The third-order valence-electron chi connectivity index (χ3n) is 1.93. The SMILES string of the molecule is CCc1nc(N)nc2c1OCCN2. The highest BCUT2D eigenvalue weighted by Gasteiger charge is 2.16. The Morgan fingerprint density at radius 1 is 1.54 bits per heavy atom. The van der Waals surface area contributed by atoms with Crippen molar-refractivity contribution in [3.8, 4) is 5.75 Å². The summed E-state index contributed by atoms with van der Waals surface area (Å²) in [6.45, 7) is 3.44. The molecule has 0 spiro atoms. The molecule has 2 heterocycles. The van der Waals surface area contributed by atoms with Crippen molar-refractivity contribution in [1.29, 1.82) is 0 Å². The molecule has 0 saturated carbocycles. The van der Waals surface area contributed by atoms with Gasteiger partial charge in [-0.05, 0) is 6.42 Å². The summed E-state index contributed by atoms with van der Waals surface area (Å²) in [6.07, 6.45) is 0.802. The summed E-state index contributed by atoms with van der Waals surface area (Å²) < 4.78 is 5.46. The molecule has 1 aromatic heterocycles. The standard InChI is InChI=1S/C8H12N4O/c1-2-5-6-7(10-3-4-13-6)12-8(9)11-5/h2-4H2,1H3,(H3,9,10,11,12). The molecule has 1 aromatic rings. The third-order valence-corrected chi connectivity index (χ3v) is 1.93. The molecular weight excluding hydrogens is 168 g/mol. The number of nitrogen functional groups attached to an aromatic ring is 1. The van der Waals surface area contributed by atoms with E-state index >= 15 is 0 Å². The fourth-order valence-corrected chi connectivity index (χ4v) is 1.35. The number of fused-ring (bicyclic) bond motifs is 1. The molecule has 2 rings (SSSR count). The first-order chi connectivity index (χ1) is 6.31. The molecule has 0 amide bonds. The van der Waals surface area contributed by atoms with Gasteiger partial charge < -0.3 is 15.8 Å². The largest absolute Gasteiger partial charge is 0.486 e. The van der Waals surface area contributed by atoms with Gasteiger partial charge in [-0.2, -0.15) is 4.98 Å². The molecule has 3 N–H and O–H groups in total. The van der Waals surface area contributed by atoms with Crippen molar-refractivity contribution >= 4 is 11.8 Å². The quantitative estimate of drug-likeness (QED) is 0.655. The number of nitrogens with zero attached hydrogens (tertiary/aromatic N) is 2. The van der Waals surface area contributed by atoms with Crippen molar-refractivity contribution in [2.45, 2.75) is 13.3 Å². The van der Waals surface area contributed by atoms with Crippen molar-refractivity contribution in [1.82, 2.24) is 9.97 Å². The normalized spacial score (nSPS) is 14.2. The van der Waals surface area contributed by atoms with Gasteiger partial charge in [0, 0.05) is 0 Å². The monoisotopic (exact) mass is 180 g/mol. The fraction of sp³-hybridized carbons (Fsp3) is 0.500. The number of hydrogen-bond donors (Lipinski definition) is 2. The van der Waals surface area contributed by atoms with Crippen LogP contribution >= 0.6 is 0 Å². The van der Waals surface area contributed by atoms with Gasteiger partial charge in [-0.15, -0.1) is 0 Å². The van der Waals surface area contributed by atoms with Crippen LogP contribution in [0, 0.1) is 0 Å². The van der Waals surface area contributed by atoms with Crippen LogP contribution < -0.4 is 15.8 Å². The molecule has 5 heteroatoms. The molecule has 0 aliphatic carbocycles. The van der Waals surface area contributed by atoms with E-state index in [1.165, 1.54) is 0 Å². The van der Waals surface area contributed by atoms with Crippen LogP contribution in [0.5, 0.6) is 5.75 Å². The van der Waals surface area contributed by atoms with Crippen LogP contribution in [0.4, 0.5) is 11.8 Å². The van der Waals surface area contributed by atoms with E-state index in [0.717, 1.165) is 30.2 Å². The lowest BCUT2D eigenvalue weighted by Gasteiger charge is -2.19. The van der Waals surface area contributed by atoms with E-state index in [2.05, 4.69) is 15.3 Å². The minimum atomic E-state index is 0.300. The predicted molar refractivity (Wildman–Crippen MR) is 49.8 cm³/mol. The Balaban J connectivity index is 2.50. The Morgan fingerprint density at radius 3 is 3.15 bits per heavy atom. The van der Waals surface area contributed by atoms with E-state index in [-0.39, 0.29) is 0 Å². The number of nitrogens with one attached hydrogen (secondary N) is 1. The molecule has 0 aromatic carbocycles. The number of aromatic nitrogens is 2. The Morgan fingerprint density at radius 2 is 2.38 bits per heavy atom. The molecule has 0 unspecified atom stereocenters. The van der Waals surface area contributed by atoms with Gasteiger partial charge in [-0.1, -0.05) is 6.92 Å². The van der Waals surface area contributed by atoms with Gasteiger partial charge in [0.1, 0.15) is 6.61 Å². The molecule has 1 aliphatic rings. The summed E-state index contributed by atoms with van der Waals surface area (Å²) in [4.78, 5) is 8.16. The number of hydrogen-bond acceptors (Lipinski definition) is 5. The lowest BCUT2D eigenvalue weighted by Crippen LogP contribution is -2.21. The summed E-state index contributed by atoms with van der Waals surface area (Å²) in [6, 6.07) is 0. The molecule has 0 saturated heterocycles. The zero-order valence-corrected chi connectivity index (χ0v) is 7.50. The first kappa shape index (κ1) is 8.10. The molecular formula is C8H12N4O. The first-order valence-electron chi connectivity index (χ1n) is 4.34. The number of aryl methyl sites for hydroxylation is 1. The van der Waals surface area contributed by atoms with E-state index in [9.17, 15) is 0 Å². The molecule has 0 fully saturated rings. The zero-order valence-electron chi connectivity index (χ0n) is 7.50. The highest BCUT2D eigenvalue weighted by atomic mass is 16.5. The van der Waals surface area contributed by atoms with Gasteiger partial charge in [0.05, 0.1) is 12.2 Å². The summed E-state index contributed by atoms with van der Waals surface area (Å²) in [5, 5.41) is 3.12. The number of nitrogens with two attached hydrogens (primary N) is 1. The number of rotatable bonds is 1. The van der Waals surface area contributed by atoms with Crippen LogP contribution in [0.3, 0.4) is 0 Å². The Labute approximate surface area is 76.3 Å². The van der Waals surface area contributed by atoms with Crippen molar-refractivity contribution < 1.29 is 4.74 Å². The minimum Gasteiger partial charge on any atom is -0.486 e. The van der Waals surface area contributed by atoms with E-state index in [0.29, 0.717) is 12.6 Å². The van der Waals surface area contributed by atoms with Crippen LogP contribution in [0.1, 0.15) is 12.6 Å². The van der Waals surface area contributed by atoms with E-state index in [1.54, 1.807) is 0 Å². The molecule has 13 heavy (non-hydrogen) atoms. The van der Waals surface area contributed by atoms with Crippen molar-refractivity contribution in [2.75, 3.05) is 24.2 Å². The van der Waals surface area contributed by atoms with Gasteiger partial charge in [-0.3, -0.25) is 0 Å². The van der Waals surface area contributed by atoms with Crippen molar-refractivity contribution in [3.63, 3.8) is 0 Å². The van der Waals surface area contributed by atoms with Gasteiger partial charge >= 0.3 is 0 Å². The summed E-state index contributed by atoms with van der Waals surface area (Å²) in [5.41, 5.74) is 6.41. The van der Waals surface area contributed by atoms with E-state index in [1.807, 2.05) is 6.92 Å². The van der Waals surface area contributed by atoms with Crippen LogP contribution in [-0.4, -0.2) is 23.1 Å². The van der Waals surface area contributed by atoms with Gasteiger partial charge in [-0.25, -0.2) is 4.98 Å². The van der Waals surface area contributed by atoms with Crippen LogP contribution in [0.15, 0.2) is 0 Å². The zero-order chi connectivity index (χ0) is 9.26. The highest BCUT2D eigenvalue weighted by molar-refractivity contribution is 5.56. The van der Waals surface area contributed by atoms with Crippen molar-refractivity contribution in [2.24, 2.45) is 0 Å². The number of anilines is 2. The summed E-state index contributed by atoms with van der Waals surface area (Å²) in [5.74, 6) is 1.77. The van der Waals surface area contributed by atoms with Gasteiger partial charge in [0.15, 0.2) is 11.6 Å². The lowest BCUT2D eigenvalue weighted by atomic mass is 10.2. The maximum atomic E-state index is 5.54. The van der Waals surface area contributed by atoms with Crippen LogP contribution in [0.25, 0.3) is 0 Å². The maximum absolute atomic E-state index is 5.54. The minimum absolute atomic E-state index is 0.300. The Kier molecular flexibility index (Phi) is 1.92. The first-order valence-corrected chi connectivity index (χ1v) is 4.34. The van der Waals surface area contributed by atoms with Gasteiger partial charge in [0.25, 0.3) is 0 Å². The second-order valence-electron chi connectivity index (χ2n) is 2.84. The Hall–Kier alpha value is -1.52. The Bertz CT molecular complexity index is 309. The highest BCUT2D eigenvalue weighted by Crippen LogP contribution is 2.28. The number of ether oxygens (including phenoxy) is 1. The third kappa shape index (κ3) is 1.37.